The summed E-state index contributed by atoms with van der Waals surface area (Å²) in [7, 11) is 0. The topological polar surface area (TPSA) is 79.7 Å². The number of ether oxygens (including phenoxy) is 1. The van der Waals surface area contributed by atoms with Gasteiger partial charge in [-0.05, 0) is 79.4 Å². The number of aryl methyl sites for hydroxylation is 2. The second-order valence-electron chi connectivity index (χ2n) is 9.73. The van der Waals surface area contributed by atoms with Crippen molar-refractivity contribution in [3.05, 3.63) is 94.3 Å². The first kappa shape index (κ1) is 26.6. The van der Waals surface area contributed by atoms with Crippen molar-refractivity contribution in [2.24, 2.45) is 0 Å². The minimum atomic E-state index is -0.948. The normalized spacial score (nSPS) is 16.8. The third-order valence-electron chi connectivity index (χ3n) is 6.78. The van der Waals surface area contributed by atoms with E-state index in [-0.39, 0.29) is 16.9 Å². The predicted octanol–water partition coefficient (Wildman–Crippen LogP) is 7.25. The maximum atomic E-state index is 13.6. The molecule has 39 heavy (non-hydrogen) atoms. The van der Waals surface area contributed by atoms with Gasteiger partial charge in [-0.25, -0.2) is 9.37 Å². The first-order valence-electron chi connectivity index (χ1n) is 13.0. The summed E-state index contributed by atoms with van der Waals surface area (Å²) in [6, 6.07) is 15.4. The van der Waals surface area contributed by atoms with Gasteiger partial charge in [-0.3, -0.25) is 14.5 Å². The molecule has 4 aromatic rings. The van der Waals surface area contributed by atoms with E-state index < -0.39 is 23.5 Å². The van der Waals surface area contributed by atoms with Gasteiger partial charge in [0.1, 0.15) is 17.3 Å². The number of benzene rings is 3. The molecule has 3 aromatic carbocycles. The van der Waals surface area contributed by atoms with E-state index >= 15 is 0 Å². The Kier molecular flexibility index (Phi) is 7.48. The van der Waals surface area contributed by atoms with Gasteiger partial charge in [0.2, 0.25) is 0 Å². The zero-order valence-electron chi connectivity index (χ0n) is 22.0. The number of hydrogen-bond donors (Lipinski definition) is 1. The average Bonchev–Trinajstić information content (AvgIpc) is 3.45. The van der Waals surface area contributed by atoms with E-state index in [4.69, 9.17) is 9.72 Å². The van der Waals surface area contributed by atoms with Crippen LogP contribution < -0.4 is 9.64 Å². The number of anilines is 1. The predicted molar refractivity (Wildman–Crippen MR) is 152 cm³/mol. The SMILES string of the molecule is CCCCCOc1cccc(C2C(=C(O)c3ccc(F)cc3)C(=O)C(=O)N2c2nc3c(C)cc(C)cc3s2)c1. The van der Waals surface area contributed by atoms with Crippen LogP contribution in [0.4, 0.5) is 9.52 Å². The fourth-order valence-electron chi connectivity index (χ4n) is 4.89. The summed E-state index contributed by atoms with van der Waals surface area (Å²) in [5.41, 5.74) is 3.54. The minimum Gasteiger partial charge on any atom is -0.507 e. The molecule has 1 aliphatic rings. The molecule has 1 N–H and O–H groups in total. The van der Waals surface area contributed by atoms with E-state index in [9.17, 15) is 19.1 Å². The van der Waals surface area contributed by atoms with Crippen molar-refractivity contribution in [1.82, 2.24) is 4.98 Å². The van der Waals surface area contributed by atoms with Crippen LogP contribution in [0.2, 0.25) is 0 Å². The quantitative estimate of drug-likeness (QED) is 0.109. The molecule has 1 unspecified atom stereocenters. The first-order chi connectivity index (χ1) is 18.8. The maximum absolute atomic E-state index is 13.6. The molecule has 5 rings (SSSR count). The lowest BCUT2D eigenvalue weighted by atomic mass is 9.95. The largest absolute Gasteiger partial charge is 0.507 e. The van der Waals surface area contributed by atoms with Gasteiger partial charge in [0.15, 0.2) is 5.13 Å². The highest BCUT2D eigenvalue weighted by Crippen LogP contribution is 2.45. The number of amides is 1. The van der Waals surface area contributed by atoms with Gasteiger partial charge < -0.3 is 9.84 Å². The summed E-state index contributed by atoms with van der Waals surface area (Å²) in [5.74, 6) is -1.86. The fraction of sp³-hybridized carbons (Fsp3) is 0.258. The van der Waals surface area contributed by atoms with Crippen LogP contribution in [0.5, 0.6) is 5.75 Å². The van der Waals surface area contributed by atoms with Crippen molar-refractivity contribution in [2.45, 2.75) is 46.1 Å². The Morgan fingerprint density at radius 2 is 1.85 bits per heavy atom. The Morgan fingerprint density at radius 1 is 1.08 bits per heavy atom. The highest BCUT2D eigenvalue weighted by molar-refractivity contribution is 7.22. The number of hydrogen-bond acceptors (Lipinski definition) is 6. The molecule has 1 saturated heterocycles. The molecule has 6 nitrogen and oxygen atoms in total. The van der Waals surface area contributed by atoms with Crippen molar-refractivity contribution in [1.29, 1.82) is 0 Å². The second-order valence-corrected chi connectivity index (χ2v) is 10.7. The van der Waals surface area contributed by atoms with Crippen LogP contribution in [-0.4, -0.2) is 28.4 Å². The van der Waals surface area contributed by atoms with E-state index in [0.29, 0.717) is 23.1 Å². The van der Waals surface area contributed by atoms with Crippen LogP contribution in [0, 0.1) is 19.7 Å². The highest BCUT2D eigenvalue weighted by atomic mass is 32.1. The number of unbranched alkanes of at least 4 members (excludes halogenated alkanes) is 2. The number of aliphatic hydroxyl groups is 1. The van der Waals surface area contributed by atoms with Crippen LogP contribution in [0.15, 0.2) is 66.2 Å². The van der Waals surface area contributed by atoms with Crippen molar-refractivity contribution >= 4 is 44.1 Å². The number of carbonyl (C=O) groups is 2. The number of nitrogens with zero attached hydrogens (tertiary/aromatic N) is 2. The van der Waals surface area contributed by atoms with Gasteiger partial charge in [0.05, 0.1) is 28.4 Å². The lowest BCUT2D eigenvalue weighted by Crippen LogP contribution is -2.29. The Labute approximate surface area is 230 Å². The van der Waals surface area contributed by atoms with Crippen molar-refractivity contribution < 1.29 is 23.8 Å². The molecule has 0 radical (unpaired) electrons. The van der Waals surface area contributed by atoms with Gasteiger partial charge in [-0.2, -0.15) is 0 Å². The summed E-state index contributed by atoms with van der Waals surface area (Å²) in [5, 5.41) is 11.7. The van der Waals surface area contributed by atoms with Crippen molar-refractivity contribution in [3.63, 3.8) is 0 Å². The number of fused-ring (bicyclic) bond motifs is 1. The molecular formula is C31H29FN2O4S. The highest BCUT2D eigenvalue weighted by Gasteiger charge is 2.48. The number of thiazole rings is 1. The van der Waals surface area contributed by atoms with E-state index in [1.165, 1.54) is 40.5 Å². The fourth-order valence-corrected chi connectivity index (χ4v) is 6.06. The second kappa shape index (κ2) is 11.0. The number of ketones is 1. The van der Waals surface area contributed by atoms with Crippen LogP contribution >= 0.6 is 11.3 Å². The van der Waals surface area contributed by atoms with Gasteiger partial charge >= 0.3 is 5.91 Å². The van der Waals surface area contributed by atoms with Crippen molar-refractivity contribution in [2.75, 3.05) is 11.5 Å². The molecule has 0 aliphatic carbocycles. The van der Waals surface area contributed by atoms with Gasteiger partial charge in [0.25, 0.3) is 5.78 Å². The number of aliphatic hydroxyl groups excluding tert-OH is 1. The van der Waals surface area contributed by atoms with Crippen LogP contribution in [0.3, 0.4) is 0 Å². The lowest BCUT2D eigenvalue weighted by molar-refractivity contribution is -0.132. The van der Waals surface area contributed by atoms with Gasteiger partial charge in [-0.1, -0.05) is 49.3 Å². The third kappa shape index (κ3) is 5.16. The molecule has 2 heterocycles. The lowest BCUT2D eigenvalue weighted by Gasteiger charge is -2.23. The summed E-state index contributed by atoms with van der Waals surface area (Å²) < 4.78 is 20.4. The summed E-state index contributed by atoms with van der Waals surface area (Å²) >= 11 is 1.32. The number of carbonyl (C=O) groups excluding carboxylic acids is 2. The minimum absolute atomic E-state index is 0.0816. The third-order valence-corrected chi connectivity index (χ3v) is 7.78. The number of aromatic nitrogens is 1. The van der Waals surface area contributed by atoms with Gasteiger partial charge in [-0.15, -0.1) is 0 Å². The molecule has 200 valence electrons. The zero-order valence-corrected chi connectivity index (χ0v) is 22.8. The average molecular weight is 545 g/mol. The monoisotopic (exact) mass is 544 g/mol. The maximum Gasteiger partial charge on any atom is 0.301 e. The van der Waals surface area contributed by atoms with E-state index in [1.54, 1.807) is 18.2 Å². The molecule has 1 aliphatic heterocycles. The molecule has 8 heteroatoms. The molecule has 1 atom stereocenters. The first-order valence-corrected chi connectivity index (χ1v) is 13.8. The Bertz CT molecular complexity index is 1590. The molecular weight excluding hydrogens is 515 g/mol. The van der Waals surface area contributed by atoms with E-state index in [1.807, 2.05) is 32.0 Å². The molecule has 1 fully saturated rings. The molecule has 1 aromatic heterocycles. The molecule has 1 amide bonds. The summed E-state index contributed by atoms with van der Waals surface area (Å²) in [4.78, 5) is 33.1. The molecule has 0 spiro atoms. The zero-order chi connectivity index (χ0) is 27.7. The van der Waals surface area contributed by atoms with E-state index in [2.05, 4.69) is 6.92 Å². The van der Waals surface area contributed by atoms with Crippen LogP contribution in [0.1, 0.15) is 54.5 Å². The number of Topliss-reactive ketones (excluding diaryl/α,β-unsaturated/α-hetero) is 1. The summed E-state index contributed by atoms with van der Waals surface area (Å²) in [6.07, 6.45) is 3.03. The number of halogens is 1. The Morgan fingerprint density at radius 3 is 2.59 bits per heavy atom. The van der Waals surface area contributed by atoms with Crippen LogP contribution in [-0.2, 0) is 9.59 Å². The van der Waals surface area contributed by atoms with E-state index in [0.717, 1.165) is 40.6 Å². The van der Waals surface area contributed by atoms with Crippen LogP contribution in [0.25, 0.3) is 16.0 Å². The summed E-state index contributed by atoms with van der Waals surface area (Å²) in [6.45, 7) is 6.62. The Balaban J connectivity index is 1.66. The number of rotatable bonds is 8. The van der Waals surface area contributed by atoms with Crippen molar-refractivity contribution in [3.8, 4) is 5.75 Å². The standard InChI is InChI=1S/C31H29FN2O4S/c1-4-5-6-14-38-23-9-7-8-21(17-23)27-25(28(35)20-10-12-22(32)13-11-20)29(36)30(37)34(27)31-33-26-19(3)15-18(2)16-24(26)39-31/h7-13,15-17,27,35H,4-6,14H2,1-3H3. The van der Waals surface area contributed by atoms with Gasteiger partial charge in [0, 0.05) is 5.56 Å². The molecule has 0 bridgehead atoms. The Hall–Kier alpha value is -4.04. The smallest absolute Gasteiger partial charge is 0.301 e. The molecule has 0 saturated carbocycles.